The Balaban J connectivity index is 0.000000305. The standard InChI is InChI=1S/C14H13F4N3O2S.C10H19N5S/c1-8(2)21(10-5-3-9(15)4-6-10)11(22)7-23-13-20-19-12(24-13)14(16,17)18;1-6-11-7-12-8(15-10(2,3)4)14-9(13-7)16-5/h3-6,8H,7H2,1-2H3;6H2,1-5H3,(H2,11,12,13,14,15). The Kier molecular flexibility index (Phi) is 11.8. The zero-order valence-electron chi connectivity index (χ0n) is 23.1. The second-order valence-corrected chi connectivity index (χ2v) is 11.1. The topological polar surface area (TPSA) is 118 Å². The molecular formula is C24H32F4N8O2S2. The van der Waals surface area contributed by atoms with Crippen LogP contribution in [0.1, 0.15) is 46.6 Å². The number of halogens is 4. The molecule has 0 aliphatic heterocycles. The summed E-state index contributed by atoms with van der Waals surface area (Å²) in [7, 11) is 0. The molecule has 0 aliphatic carbocycles. The molecule has 16 heteroatoms. The number of carbonyl (C=O) groups excluding carboxylic acids is 1. The van der Waals surface area contributed by atoms with E-state index in [0.29, 0.717) is 17.6 Å². The summed E-state index contributed by atoms with van der Waals surface area (Å²) >= 11 is 1.72. The zero-order chi connectivity index (χ0) is 30.1. The third-order valence-corrected chi connectivity index (χ3v) is 5.91. The Bertz CT molecular complexity index is 1230. The Morgan fingerprint density at radius 2 is 1.70 bits per heavy atom. The molecule has 0 bridgehead atoms. The second kappa shape index (κ2) is 14.4. The van der Waals surface area contributed by atoms with Crippen LogP contribution in [0.4, 0.5) is 35.1 Å². The van der Waals surface area contributed by atoms with Gasteiger partial charge in [0.2, 0.25) is 16.9 Å². The smallest absolute Gasteiger partial charge is 0.445 e. The van der Waals surface area contributed by atoms with Gasteiger partial charge in [-0.05, 0) is 72.1 Å². The number of hydrogen-bond donors (Lipinski definition) is 2. The molecule has 3 rings (SSSR count). The molecule has 1 aromatic carbocycles. The molecule has 0 atom stereocenters. The minimum atomic E-state index is -4.61. The summed E-state index contributed by atoms with van der Waals surface area (Å²) < 4.78 is 55.3. The molecule has 10 nitrogen and oxygen atoms in total. The van der Waals surface area contributed by atoms with Gasteiger partial charge >= 0.3 is 6.18 Å². The maximum absolute atomic E-state index is 13.0. The fourth-order valence-electron chi connectivity index (χ4n) is 2.98. The van der Waals surface area contributed by atoms with Gasteiger partial charge in [-0.3, -0.25) is 4.79 Å². The van der Waals surface area contributed by atoms with Crippen molar-refractivity contribution in [2.24, 2.45) is 0 Å². The van der Waals surface area contributed by atoms with E-state index in [1.54, 1.807) is 13.8 Å². The number of aromatic nitrogens is 5. The van der Waals surface area contributed by atoms with Gasteiger partial charge in [-0.2, -0.15) is 28.1 Å². The highest BCUT2D eigenvalue weighted by molar-refractivity contribution is 7.98. The van der Waals surface area contributed by atoms with Crippen LogP contribution in [0.25, 0.3) is 0 Å². The van der Waals surface area contributed by atoms with E-state index < -0.39 is 29.5 Å². The Labute approximate surface area is 238 Å². The molecule has 2 N–H and O–H groups in total. The highest BCUT2D eigenvalue weighted by Crippen LogP contribution is 2.34. The fourth-order valence-corrected chi connectivity index (χ4v) is 3.90. The first-order valence-electron chi connectivity index (χ1n) is 12.1. The highest BCUT2D eigenvalue weighted by Gasteiger charge is 2.36. The van der Waals surface area contributed by atoms with Crippen molar-refractivity contribution in [1.29, 1.82) is 0 Å². The summed E-state index contributed by atoms with van der Waals surface area (Å²) in [5.41, 5.74) is 0.397. The SMILES string of the molecule is CC(C)N(C(=O)COc1nnc(C(F)(F)F)s1)c1ccc(F)cc1.CCNc1nc(NC(C)(C)C)nc(SC)n1. The van der Waals surface area contributed by atoms with Gasteiger partial charge in [-0.25, -0.2) is 4.39 Å². The number of benzene rings is 1. The summed E-state index contributed by atoms with van der Waals surface area (Å²) in [6.07, 6.45) is -2.66. The number of thioether (sulfide) groups is 1. The number of alkyl halides is 3. The van der Waals surface area contributed by atoms with Crippen molar-refractivity contribution < 1.29 is 27.1 Å². The van der Waals surface area contributed by atoms with Crippen LogP contribution in [-0.4, -0.2) is 62.0 Å². The molecule has 0 radical (unpaired) electrons. The van der Waals surface area contributed by atoms with Crippen LogP contribution in [-0.2, 0) is 11.0 Å². The maximum Gasteiger partial charge on any atom is 0.445 e. The summed E-state index contributed by atoms with van der Waals surface area (Å²) in [6, 6.07) is 5.02. The molecule has 0 aliphatic rings. The van der Waals surface area contributed by atoms with Gasteiger partial charge < -0.3 is 20.3 Å². The normalized spacial score (nSPS) is 11.5. The van der Waals surface area contributed by atoms with E-state index in [0.717, 1.165) is 11.7 Å². The van der Waals surface area contributed by atoms with Crippen LogP contribution in [0, 0.1) is 5.82 Å². The Hall–Kier alpha value is -3.27. The van der Waals surface area contributed by atoms with E-state index in [-0.39, 0.29) is 28.1 Å². The Morgan fingerprint density at radius 3 is 2.20 bits per heavy atom. The first kappa shape index (κ1) is 32.9. The van der Waals surface area contributed by atoms with E-state index >= 15 is 0 Å². The van der Waals surface area contributed by atoms with E-state index in [1.165, 1.54) is 40.9 Å². The monoisotopic (exact) mass is 604 g/mol. The van der Waals surface area contributed by atoms with Gasteiger partial charge in [-0.1, -0.05) is 28.2 Å². The van der Waals surface area contributed by atoms with Crippen LogP contribution >= 0.6 is 23.1 Å². The molecular weight excluding hydrogens is 572 g/mol. The molecule has 0 spiro atoms. The predicted octanol–water partition coefficient (Wildman–Crippen LogP) is 5.75. The minimum absolute atomic E-state index is 0.0550. The van der Waals surface area contributed by atoms with Crippen LogP contribution in [0.2, 0.25) is 0 Å². The lowest BCUT2D eigenvalue weighted by Crippen LogP contribution is -2.40. The van der Waals surface area contributed by atoms with E-state index in [4.69, 9.17) is 4.74 Å². The number of carbonyl (C=O) groups is 1. The third-order valence-electron chi connectivity index (χ3n) is 4.48. The molecule has 3 aromatic rings. The third kappa shape index (κ3) is 10.7. The average Bonchev–Trinajstić information content (AvgIpc) is 3.33. The number of amides is 1. The largest absolute Gasteiger partial charge is 0.459 e. The molecule has 0 saturated heterocycles. The van der Waals surface area contributed by atoms with Crippen molar-refractivity contribution in [2.45, 2.75) is 64.5 Å². The van der Waals surface area contributed by atoms with Gasteiger partial charge in [0.15, 0.2) is 11.8 Å². The summed E-state index contributed by atoms with van der Waals surface area (Å²) in [4.78, 5) is 26.5. The van der Waals surface area contributed by atoms with Crippen LogP contribution in [0.15, 0.2) is 29.4 Å². The maximum atomic E-state index is 13.0. The molecule has 40 heavy (non-hydrogen) atoms. The number of nitrogens with zero attached hydrogens (tertiary/aromatic N) is 6. The van der Waals surface area contributed by atoms with E-state index in [9.17, 15) is 22.4 Å². The number of nitrogens with one attached hydrogen (secondary N) is 2. The first-order chi connectivity index (χ1) is 18.6. The number of anilines is 3. The lowest BCUT2D eigenvalue weighted by molar-refractivity contribution is -0.138. The van der Waals surface area contributed by atoms with Crippen LogP contribution < -0.4 is 20.3 Å². The summed E-state index contributed by atoms with van der Waals surface area (Å²) in [5, 5.41) is 11.8. The van der Waals surface area contributed by atoms with Crippen molar-refractivity contribution in [3.05, 3.63) is 35.1 Å². The van der Waals surface area contributed by atoms with Crippen molar-refractivity contribution in [3.8, 4) is 5.19 Å². The van der Waals surface area contributed by atoms with Crippen molar-refractivity contribution >= 4 is 46.6 Å². The molecule has 0 fully saturated rings. The molecule has 2 heterocycles. The summed E-state index contributed by atoms with van der Waals surface area (Å²) in [6.45, 7) is 12.0. The first-order valence-corrected chi connectivity index (χ1v) is 14.1. The number of hydrogen-bond acceptors (Lipinski definition) is 11. The van der Waals surface area contributed by atoms with Crippen molar-refractivity contribution in [2.75, 3.05) is 34.9 Å². The van der Waals surface area contributed by atoms with Crippen molar-refractivity contribution in [1.82, 2.24) is 25.1 Å². The van der Waals surface area contributed by atoms with E-state index in [2.05, 4.69) is 56.6 Å². The highest BCUT2D eigenvalue weighted by atomic mass is 32.2. The van der Waals surface area contributed by atoms with Gasteiger partial charge in [0.05, 0.1) is 0 Å². The molecule has 0 saturated carbocycles. The predicted molar refractivity (Wildman–Crippen MR) is 149 cm³/mol. The molecule has 220 valence electrons. The number of rotatable bonds is 9. The lowest BCUT2D eigenvalue weighted by Gasteiger charge is -2.26. The van der Waals surface area contributed by atoms with Crippen LogP contribution in [0.3, 0.4) is 0 Å². The average molecular weight is 605 g/mol. The molecule has 0 unspecified atom stereocenters. The zero-order valence-corrected chi connectivity index (χ0v) is 24.8. The molecule has 2 aromatic heterocycles. The minimum Gasteiger partial charge on any atom is -0.459 e. The summed E-state index contributed by atoms with van der Waals surface area (Å²) in [5.74, 6) is 0.288. The van der Waals surface area contributed by atoms with Gasteiger partial charge in [-0.15, -0.1) is 5.10 Å². The van der Waals surface area contributed by atoms with Crippen LogP contribution in [0.5, 0.6) is 5.19 Å². The molecule has 1 amide bonds. The lowest BCUT2D eigenvalue weighted by atomic mass is 10.1. The van der Waals surface area contributed by atoms with Gasteiger partial charge in [0.25, 0.3) is 11.1 Å². The van der Waals surface area contributed by atoms with E-state index in [1.807, 2.05) is 13.2 Å². The second-order valence-electron chi connectivity index (χ2n) is 9.37. The Morgan fingerprint density at radius 1 is 1.07 bits per heavy atom. The number of ether oxygens (including phenoxy) is 1. The van der Waals surface area contributed by atoms with Gasteiger partial charge in [0.1, 0.15) is 5.82 Å². The van der Waals surface area contributed by atoms with Gasteiger partial charge in [0, 0.05) is 23.8 Å². The fraction of sp³-hybridized carbons (Fsp3) is 0.500. The van der Waals surface area contributed by atoms with Crippen molar-refractivity contribution in [3.63, 3.8) is 0 Å². The quantitative estimate of drug-likeness (QED) is 0.231.